The number of ether oxygens (including phenoxy) is 1. The molecule has 4 rings (SSSR count). The van der Waals surface area contributed by atoms with Gasteiger partial charge in [0.15, 0.2) is 5.82 Å². The number of anilines is 2. The smallest absolute Gasteiger partial charge is 0.156 e. The first-order chi connectivity index (χ1) is 12.2. The van der Waals surface area contributed by atoms with E-state index in [2.05, 4.69) is 24.8 Å². The van der Waals surface area contributed by atoms with Gasteiger partial charge in [0.25, 0.3) is 0 Å². The Labute approximate surface area is 145 Å². The molecule has 0 radical (unpaired) electrons. The Hall–Kier alpha value is -2.83. The van der Waals surface area contributed by atoms with Crippen LogP contribution in [0.2, 0.25) is 0 Å². The summed E-state index contributed by atoms with van der Waals surface area (Å²) in [5.74, 6) is 1.21. The monoisotopic (exact) mass is 341 g/mol. The molecule has 1 saturated heterocycles. The molecule has 25 heavy (non-hydrogen) atoms. The molecule has 6 nitrogen and oxygen atoms in total. The third-order valence-electron chi connectivity index (χ3n) is 4.59. The number of fused-ring (bicyclic) bond motifs is 1. The summed E-state index contributed by atoms with van der Waals surface area (Å²) in [4.78, 5) is 16.6. The predicted molar refractivity (Wildman–Crippen MR) is 96.0 cm³/mol. The van der Waals surface area contributed by atoms with E-state index in [-0.39, 0.29) is 5.82 Å². The molecule has 3 aromatic rings. The number of piperazine rings is 1. The highest BCUT2D eigenvalue weighted by molar-refractivity contribution is 5.86. The topological polar surface area (TPSA) is 57.3 Å². The van der Waals surface area contributed by atoms with Crippen LogP contribution in [0.25, 0.3) is 11.0 Å². The summed E-state index contributed by atoms with van der Waals surface area (Å²) in [6, 6.07) is 6.71. The highest BCUT2D eigenvalue weighted by atomic mass is 19.1. The lowest BCUT2D eigenvalue weighted by molar-refractivity contribution is 0.410. The zero-order valence-corrected chi connectivity index (χ0v) is 14.3. The molecular weight excluding hydrogens is 321 g/mol. The largest absolute Gasteiger partial charge is 0.494 e. The van der Waals surface area contributed by atoms with Gasteiger partial charge in [0, 0.05) is 37.9 Å². The molecule has 0 bridgehead atoms. The zero-order valence-electron chi connectivity index (χ0n) is 14.3. The summed E-state index contributed by atoms with van der Waals surface area (Å²) in [6.45, 7) is 5.29. The molecule has 0 unspecified atom stereocenters. The maximum atomic E-state index is 13.4. The average molecular weight is 341 g/mol. The van der Waals surface area contributed by atoms with Crippen LogP contribution in [0, 0.1) is 12.7 Å². The lowest BCUT2D eigenvalue weighted by Gasteiger charge is -2.37. The number of methoxy groups -OCH3 is 1. The highest BCUT2D eigenvalue weighted by Crippen LogP contribution is 2.31. The van der Waals surface area contributed by atoms with E-state index in [1.54, 1.807) is 19.5 Å². The van der Waals surface area contributed by atoms with Gasteiger partial charge in [-0.05, 0) is 25.1 Å². The number of rotatable bonds is 3. The zero-order chi connectivity index (χ0) is 17.4. The normalized spacial score (nSPS) is 15.0. The second kappa shape index (κ2) is 6.23. The maximum absolute atomic E-state index is 13.4. The van der Waals surface area contributed by atoms with Crippen molar-refractivity contribution in [3.63, 3.8) is 0 Å². The van der Waals surface area contributed by atoms with Gasteiger partial charge in [-0.15, -0.1) is 0 Å². The number of nitrogens with one attached hydrogen (secondary N) is 1. The molecule has 2 aromatic heterocycles. The fourth-order valence-electron chi connectivity index (χ4n) is 3.37. The fourth-order valence-corrected chi connectivity index (χ4v) is 3.37. The van der Waals surface area contributed by atoms with E-state index in [1.165, 1.54) is 12.1 Å². The van der Waals surface area contributed by atoms with E-state index >= 15 is 0 Å². The molecular formula is C18H20FN5O. The molecule has 1 aliphatic rings. The van der Waals surface area contributed by atoms with Gasteiger partial charge in [0.1, 0.15) is 23.4 Å². The van der Waals surface area contributed by atoms with Gasteiger partial charge in [-0.25, -0.2) is 14.4 Å². The first-order valence-electron chi connectivity index (χ1n) is 8.29. The number of aromatic nitrogens is 3. The molecule has 1 N–H and O–H groups in total. The molecule has 3 heterocycles. The molecule has 1 aromatic carbocycles. The van der Waals surface area contributed by atoms with E-state index < -0.39 is 0 Å². The lowest BCUT2D eigenvalue weighted by atomic mass is 10.2. The van der Waals surface area contributed by atoms with Crippen LogP contribution in [0.3, 0.4) is 0 Å². The van der Waals surface area contributed by atoms with Crippen molar-refractivity contribution >= 4 is 22.5 Å². The summed E-state index contributed by atoms with van der Waals surface area (Å²) < 4.78 is 18.7. The minimum atomic E-state index is -0.287. The van der Waals surface area contributed by atoms with Crippen LogP contribution in [-0.2, 0) is 0 Å². The molecule has 0 saturated carbocycles. The molecule has 1 fully saturated rings. The Balaban J connectivity index is 1.55. The van der Waals surface area contributed by atoms with Crippen molar-refractivity contribution in [2.75, 3.05) is 43.1 Å². The first-order valence-corrected chi connectivity index (χ1v) is 8.29. The van der Waals surface area contributed by atoms with Gasteiger partial charge in [-0.2, -0.15) is 0 Å². The third-order valence-corrected chi connectivity index (χ3v) is 4.59. The van der Waals surface area contributed by atoms with Crippen molar-refractivity contribution in [1.82, 2.24) is 15.0 Å². The predicted octanol–water partition coefficient (Wildman–Crippen LogP) is 2.74. The van der Waals surface area contributed by atoms with Crippen LogP contribution < -0.4 is 14.5 Å². The molecule has 0 spiro atoms. The third kappa shape index (κ3) is 2.86. The minimum Gasteiger partial charge on any atom is -0.494 e. The average Bonchev–Trinajstić information content (AvgIpc) is 3.02. The maximum Gasteiger partial charge on any atom is 0.156 e. The number of hydrogen-bond donors (Lipinski definition) is 1. The number of benzene rings is 1. The van der Waals surface area contributed by atoms with Crippen molar-refractivity contribution in [2.45, 2.75) is 6.92 Å². The highest BCUT2D eigenvalue weighted by Gasteiger charge is 2.22. The quantitative estimate of drug-likeness (QED) is 0.794. The number of aromatic amines is 1. The summed E-state index contributed by atoms with van der Waals surface area (Å²) >= 11 is 0. The SMILES string of the molecule is COc1cc(F)ccc1N1CCN(c2ncnc3cc(C)[nH]c23)CC1. The summed E-state index contributed by atoms with van der Waals surface area (Å²) in [5.41, 5.74) is 3.91. The van der Waals surface area contributed by atoms with Crippen molar-refractivity contribution < 1.29 is 9.13 Å². The Bertz CT molecular complexity index is 902. The van der Waals surface area contributed by atoms with Crippen LogP contribution in [0.15, 0.2) is 30.6 Å². The Morgan fingerprint density at radius 1 is 1.08 bits per heavy atom. The number of H-pyrrole nitrogens is 1. The van der Waals surface area contributed by atoms with E-state index in [1.807, 2.05) is 13.0 Å². The van der Waals surface area contributed by atoms with Crippen molar-refractivity contribution in [1.29, 1.82) is 0 Å². The van der Waals surface area contributed by atoms with Crippen LogP contribution >= 0.6 is 0 Å². The van der Waals surface area contributed by atoms with Crippen LogP contribution in [0.1, 0.15) is 5.69 Å². The molecule has 1 aliphatic heterocycles. The summed E-state index contributed by atoms with van der Waals surface area (Å²) in [6.07, 6.45) is 1.61. The van der Waals surface area contributed by atoms with Gasteiger partial charge < -0.3 is 19.5 Å². The number of halogens is 1. The van der Waals surface area contributed by atoms with Gasteiger partial charge >= 0.3 is 0 Å². The molecule has 0 aliphatic carbocycles. The second-order valence-corrected chi connectivity index (χ2v) is 6.20. The summed E-state index contributed by atoms with van der Waals surface area (Å²) in [5, 5.41) is 0. The first kappa shape index (κ1) is 15.7. The van der Waals surface area contributed by atoms with Crippen molar-refractivity contribution in [2.24, 2.45) is 0 Å². The minimum absolute atomic E-state index is 0.287. The van der Waals surface area contributed by atoms with E-state index in [4.69, 9.17) is 4.74 Å². The number of nitrogens with zero attached hydrogens (tertiary/aromatic N) is 4. The Morgan fingerprint density at radius 3 is 2.60 bits per heavy atom. The van der Waals surface area contributed by atoms with E-state index in [0.29, 0.717) is 5.75 Å². The number of aryl methyl sites for hydroxylation is 1. The van der Waals surface area contributed by atoms with Gasteiger partial charge in [0.2, 0.25) is 0 Å². The van der Waals surface area contributed by atoms with E-state index in [9.17, 15) is 4.39 Å². The van der Waals surface area contributed by atoms with Gasteiger partial charge in [-0.1, -0.05) is 0 Å². The van der Waals surface area contributed by atoms with Gasteiger partial charge in [0.05, 0.1) is 18.3 Å². The van der Waals surface area contributed by atoms with Crippen LogP contribution in [0.5, 0.6) is 5.75 Å². The molecule has 0 atom stereocenters. The van der Waals surface area contributed by atoms with Crippen molar-refractivity contribution in [3.8, 4) is 5.75 Å². The van der Waals surface area contributed by atoms with E-state index in [0.717, 1.165) is 54.4 Å². The Morgan fingerprint density at radius 2 is 1.84 bits per heavy atom. The summed E-state index contributed by atoms with van der Waals surface area (Å²) in [7, 11) is 1.57. The molecule has 7 heteroatoms. The van der Waals surface area contributed by atoms with Crippen molar-refractivity contribution in [3.05, 3.63) is 42.1 Å². The Kier molecular flexibility index (Phi) is 3.91. The van der Waals surface area contributed by atoms with Crippen LogP contribution in [0.4, 0.5) is 15.9 Å². The fraction of sp³-hybridized carbons (Fsp3) is 0.333. The van der Waals surface area contributed by atoms with Gasteiger partial charge in [-0.3, -0.25) is 0 Å². The number of hydrogen-bond acceptors (Lipinski definition) is 5. The molecule has 130 valence electrons. The second-order valence-electron chi connectivity index (χ2n) is 6.20. The van der Waals surface area contributed by atoms with Crippen LogP contribution in [-0.4, -0.2) is 48.2 Å². The molecule has 0 amide bonds. The standard InChI is InChI=1S/C18H20FN5O/c1-12-9-14-17(22-12)18(21-11-20-14)24-7-5-23(6-8-24)15-4-3-13(19)10-16(15)25-2/h3-4,9-11,22H,5-8H2,1-2H3. The lowest BCUT2D eigenvalue weighted by Crippen LogP contribution is -2.47.